The molecular weight excluding hydrogens is 90.9 g/mol. The summed E-state index contributed by atoms with van der Waals surface area (Å²) >= 11 is 0. The maximum absolute atomic E-state index is 4.83. The lowest BCUT2D eigenvalue weighted by molar-refractivity contribution is 0.279. The molecule has 0 spiro atoms. The van der Waals surface area contributed by atoms with E-state index in [-0.39, 0.29) is 0 Å². The summed E-state index contributed by atoms with van der Waals surface area (Å²) in [5, 5.41) is 0. The highest BCUT2D eigenvalue weighted by molar-refractivity contribution is 6.20. The van der Waals surface area contributed by atoms with Crippen molar-refractivity contribution in [1.82, 2.24) is 0 Å². The molecule has 7 heavy (non-hydrogen) atoms. The van der Waals surface area contributed by atoms with Crippen LogP contribution in [0.25, 0.3) is 0 Å². The number of rotatable bonds is 0. The molecule has 0 aromatic rings. The maximum Gasteiger partial charge on any atom is 0.190 e. The monoisotopic (exact) mass is 96.0 g/mol. The first-order valence-corrected chi connectivity index (χ1v) is 2.03. The highest BCUT2D eigenvalue weighted by Crippen LogP contribution is 1.98. The van der Waals surface area contributed by atoms with E-state index >= 15 is 0 Å². The molecule has 0 saturated carbocycles. The van der Waals surface area contributed by atoms with Crippen LogP contribution < -0.4 is 0 Å². The first-order valence-electron chi connectivity index (χ1n) is 2.03. The van der Waals surface area contributed by atoms with Gasteiger partial charge in [-0.05, 0) is 0 Å². The van der Waals surface area contributed by atoms with Crippen molar-refractivity contribution in [3.63, 3.8) is 0 Å². The lowest BCUT2D eigenvalue weighted by Crippen LogP contribution is -1.88. The second kappa shape index (κ2) is 1.73. The zero-order valence-electron chi connectivity index (χ0n) is 4.05. The van der Waals surface area contributed by atoms with Crippen molar-refractivity contribution in [2.75, 3.05) is 0 Å². The number of ether oxygens (including phenoxy) is 2. The quantitative estimate of drug-likeness (QED) is 0.393. The van der Waals surface area contributed by atoms with Crippen molar-refractivity contribution in [2.45, 2.75) is 0 Å². The minimum Gasteiger partial charge on any atom is -0.474 e. The molecule has 1 aliphatic heterocycles. The molecule has 1 heterocycles. The van der Waals surface area contributed by atoms with Crippen molar-refractivity contribution < 1.29 is 9.47 Å². The first kappa shape index (κ1) is 4.31. The van der Waals surface area contributed by atoms with Gasteiger partial charge in [-0.1, -0.05) is 0 Å². The Kier molecular flexibility index (Phi) is 1.07. The summed E-state index contributed by atoms with van der Waals surface area (Å²) in [5.74, 6) is 0. The van der Waals surface area contributed by atoms with Crippen molar-refractivity contribution in [3.05, 3.63) is 24.4 Å². The Bertz CT molecular complexity index is 117. The van der Waals surface area contributed by atoms with Crippen LogP contribution in [-0.4, -0.2) is 7.85 Å². The molecule has 0 bridgehead atoms. The Balaban J connectivity index is 2.50. The fourth-order valence-electron chi connectivity index (χ4n) is 0.330. The van der Waals surface area contributed by atoms with Crippen LogP contribution in [0.3, 0.4) is 0 Å². The van der Waals surface area contributed by atoms with Gasteiger partial charge < -0.3 is 9.47 Å². The van der Waals surface area contributed by atoms with E-state index in [1.807, 2.05) is 7.85 Å². The second-order valence-electron chi connectivity index (χ2n) is 1.25. The SMILES string of the molecule is BC1=COC=CO1. The van der Waals surface area contributed by atoms with Crippen molar-refractivity contribution in [1.29, 1.82) is 0 Å². The molecule has 0 radical (unpaired) electrons. The van der Waals surface area contributed by atoms with Crippen molar-refractivity contribution >= 4 is 7.85 Å². The molecule has 0 aromatic heterocycles. The predicted octanol–water partition coefficient (Wildman–Crippen LogP) is -0.0636. The van der Waals surface area contributed by atoms with E-state index in [2.05, 4.69) is 0 Å². The van der Waals surface area contributed by atoms with Gasteiger partial charge in [0.15, 0.2) is 7.85 Å². The molecule has 1 rings (SSSR count). The summed E-state index contributed by atoms with van der Waals surface area (Å²) in [6, 6.07) is 0. The van der Waals surface area contributed by atoms with Crippen LogP contribution in [0.15, 0.2) is 24.4 Å². The summed E-state index contributed by atoms with van der Waals surface area (Å²) in [6.45, 7) is 0. The molecule has 3 heteroatoms. The molecule has 0 aliphatic carbocycles. The smallest absolute Gasteiger partial charge is 0.190 e. The molecule has 0 amide bonds. The van der Waals surface area contributed by atoms with Crippen LogP contribution in [0, 0.1) is 0 Å². The third-order valence-electron chi connectivity index (χ3n) is 0.622. The molecule has 0 N–H and O–H groups in total. The number of hydrogen-bond acceptors (Lipinski definition) is 2. The molecule has 0 atom stereocenters. The summed E-state index contributed by atoms with van der Waals surface area (Å²) in [6.07, 6.45) is 4.52. The van der Waals surface area contributed by atoms with Gasteiger partial charge in [0.2, 0.25) is 0 Å². The van der Waals surface area contributed by atoms with Gasteiger partial charge in [0.1, 0.15) is 18.8 Å². The fraction of sp³-hybridized carbons (Fsp3) is 0. The van der Waals surface area contributed by atoms with E-state index in [4.69, 9.17) is 9.47 Å². The topological polar surface area (TPSA) is 18.5 Å². The predicted molar refractivity (Wildman–Crippen MR) is 27.9 cm³/mol. The van der Waals surface area contributed by atoms with Crippen LogP contribution in [-0.2, 0) is 9.47 Å². The standard InChI is InChI=1S/C4H5BO2/c5-4-3-6-1-2-7-4/h1-3H,5H2. The molecule has 36 valence electrons. The third-order valence-corrected chi connectivity index (χ3v) is 0.622. The average Bonchev–Trinajstić information content (AvgIpc) is 1.69. The summed E-state index contributed by atoms with van der Waals surface area (Å²) in [7, 11) is 1.82. The van der Waals surface area contributed by atoms with Gasteiger partial charge in [-0.2, -0.15) is 0 Å². The molecule has 2 nitrogen and oxygen atoms in total. The minimum absolute atomic E-state index is 0.780. The van der Waals surface area contributed by atoms with Gasteiger partial charge in [0, 0.05) is 0 Å². The van der Waals surface area contributed by atoms with Crippen LogP contribution in [0.5, 0.6) is 0 Å². The van der Waals surface area contributed by atoms with E-state index in [1.165, 1.54) is 12.5 Å². The third kappa shape index (κ3) is 0.997. The van der Waals surface area contributed by atoms with E-state index in [1.54, 1.807) is 6.26 Å². The Morgan fingerprint density at radius 2 is 2.29 bits per heavy atom. The zero-order valence-corrected chi connectivity index (χ0v) is 4.05. The minimum atomic E-state index is 0.780. The Morgan fingerprint density at radius 3 is 2.57 bits per heavy atom. The summed E-state index contributed by atoms with van der Waals surface area (Å²) < 4.78 is 9.55. The van der Waals surface area contributed by atoms with Gasteiger partial charge in [0.25, 0.3) is 0 Å². The van der Waals surface area contributed by atoms with E-state index in [9.17, 15) is 0 Å². The maximum atomic E-state index is 4.83. The Hall–Kier alpha value is -0.855. The normalized spacial score (nSPS) is 16.9. The molecular formula is C4H5BO2. The Labute approximate surface area is 42.8 Å². The average molecular weight is 95.9 g/mol. The molecule has 0 fully saturated rings. The first-order chi connectivity index (χ1) is 3.39. The molecule has 0 unspecified atom stereocenters. The molecule has 0 aromatic carbocycles. The van der Waals surface area contributed by atoms with Crippen LogP contribution in [0.4, 0.5) is 0 Å². The van der Waals surface area contributed by atoms with Gasteiger partial charge in [-0.25, -0.2) is 0 Å². The fourth-order valence-corrected chi connectivity index (χ4v) is 0.330. The van der Waals surface area contributed by atoms with E-state index in [0.29, 0.717) is 0 Å². The van der Waals surface area contributed by atoms with Crippen molar-refractivity contribution in [3.8, 4) is 0 Å². The number of hydrogen-bond donors (Lipinski definition) is 0. The van der Waals surface area contributed by atoms with Gasteiger partial charge >= 0.3 is 0 Å². The Morgan fingerprint density at radius 1 is 1.43 bits per heavy atom. The zero-order chi connectivity index (χ0) is 5.11. The van der Waals surface area contributed by atoms with Crippen LogP contribution >= 0.6 is 0 Å². The summed E-state index contributed by atoms with van der Waals surface area (Å²) in [4.78, 5) is 0. The highest BCUT2D eigenvalue weighted by Gasteiger charge is 1.88. The highest BCUT2D eigenvalue weighted by atomic mass is 16.5. The lowest BCUT2D eigenvalue weighted by Gasteiger charge is -2.02. The summed E-state index contributed by atoms with van der Waals surface area (Å²) in [5.41, 5.74) is 0.780. The molecule has 0 saturated heterocycles. The van der Waals surface area contributed by atoms with E-state index < -0.39 is 0 Å². The van der Waals surface area contributed by atoms with Crippen LogP contribution in [0.2, 0.25) is 0 Å². The van der Waals surface area contributed by atoms with Crippen LogP contribution in [0.1, 0.15) is 0 Å². The second-order valence-corrected chi connectivity index (χ2v) is 1.25. The van der Waals surface area contributed by atoms with Crippen molar-refractivity contribution in [2.24, 2.45) is 0 Å². The van der Waals surface area contributed by atoms with Gasteiger partial charge in [0.05, 0.1) is 5.66 Å². The van der Waals surface area contributed by atoms with E-state index in [0.717, 1.165) is 5.66 Å². The molecule has 1 aliphatic rings. The lowest BCUT2D eigenvalue weighted by atomic mass is 10.1. The largest absolute Gasteiger partial charge is 0.474 e. The van der Waals surface area contributed by atoms with Gasteiger partial charge in [-0.15, -0.1) is 0 Å². The van der Waals surface area contributed by atoms with Gasteiger partial charge in [-0.3, -0.25) is 0 Å².